The molecular formula is C53H51N3O. The molecule has 2 aromatic heterocycles. The number of fused-ring (bicyclic) bond motifs is 10. The van der Waals surface area contributed by atoms with Crippen LogP contribution in [0.2, 0.25) is 0 Å². The second-order valence-electron chi connectivity index (χ2n) is 18.9. The fraction of sp³-hybridized carbons (Fsp3) is 0.245. The summed E-state index contributed by atoms with van der Waals surface area (Å²) in [4.78, 5) is 12.8. The van der Waals surface area contributed by atoms with Crippen LogP contribution in [-0.4, -0.2) is 15.1 Å². The maximum absolute atomic E-state index is 11.8. The summed E-state index contributed by atoms with van der Waals surface area (Å²) < 4.78 is 0. The van der Waals surface area contributed by atoms with Gasteiger partial charge in [0.25, 0.3) is 0 Å². The number of pyridine rings is 2. The number of aromatic nitrogens is 2. The molecule has 9 rings (SSSR count). The van der Waals surface area contributed by atoms with Crippen molar-refractivity contribution in [2.45, 2.75) is 84.0 Å². The molecular weight excluding hydrogens is 695 g/mol. The average Bonchev–Trinajstić information content (AvgIpc) is 3.65. The first-order valence-electron chi connectivity index (χ1n) is 20.1. The van der Waals surface area contributed by atoms with Gasteiger partial charge in [0.2, 0.25) is 0 Å². The number of nitrogens with zero attached hydrogens (tertiary/aromatic N) is 3. The topological polar surface area (TPSA) is 49.2 Å². The Morgan fingerprint density at radius 1 is 0.509 bits per heavy atom. The van der Waals surface area contributed by atoms with E-state index >= 15 is 0 Å². The molecule has 57 heavy (non-hydrogen) atoms. The molecule has 2 aliphatic carbocycles. The average molecular weight is 746 g/mol. The van der Waals surface area contributed by atoms with Crippen molar-refractivity contribution >= 4 is 17.2 Å². The lowest BCUT2D eigenvalue weighted by Gasteiger charge is -2.32. The van der Waals surface area contributed by atoms with Crippen molar-refractivity contribution in [3.05, 3.63) is 179 Å². The van der Waals surface area contributed by atoms with Crippen molar-refractivity contribution in [1.29, 1.82) is 0 Å². The van der Waals surface area contributed by atoms with Crippen molar-refractivity contribution in [2.24, 2.45) is 0 Å². The van der Waals surface area contributed by atoms with Gasteiger partial charge in [-0.15, -0.1) is 0 Å². The van der Waals surface area contributed by atoms with E-state index in [1.165, 1.54) is 38.9 Å². The minimum Gasteiger partial charge on any atom is -0.507 e. The van der Waals surface area contributed by atoms with Crippen molar-refractivity contribution in [1.82, 2.24) is 9.97 Å². The second kappa shape index (κ2) is 12.8. The van der Waals surface area contributed by atoms with Crippen LogP contribution in [0.3, 0.4) is 0 Å². The SMILES string of the molecule is CC(C)(C)c1cc(N(c2cccc(-c3cc(C(C)(C)C)ccn3)c2)c2ccc3c(n2)-c2c(O)cccc2C32c3ccccc3-c3ccccc32)cc(C(C)(C)C)c1. The van der Waals surface area contributed by atoms with Gasteiger partial charge in [0.15, 0.2) is 0 Å². The van der Waals surface area contributed by atoms with Crippen molar-refractivity contribution in [2.75, 3.05) is 4.90 Å². The van der Waals surface area contributed by atoms with Gasteiger partial charge >= 0.3 is 0 Å². The molecule has 0 radical (unpaired) electrons. The van der Waals surface area contributed by atoms with Gasteiger partial charge < -0.3 is 5.11 Å². The normalized spacial score (nSPS) is 13.9. The summed E-state index contributed by atoms with van der Waals surface area (Å²) in [6, 6.07) is 47.8. The predicted octanol–water partition coefficient (Wildman–Crippen LogP) is 13.6. The quantitative estimate of drug-likeness (QED) is 0.195. The molecule has 0 amide bonds. The van der Waals surface area contributed by atoms with Gasteiger partial charge in [-0.05, 0) is 115 Å². The number of hydrogen-bond acceptors (Lipinski definition) is 4. The molecule has 7 aromatic rings. The van der Waals surface area contributed by atoms with Crippen LogP contribution in [0.4, 0.5) is 17.2 Å². The Bertz CT molecular complexity index is 2640. The first-order chi connectivity index (χ1) is 27.1. The summed E-state index contributed by atoms with van der Waals surface area (Å²) in [7, 11) is 0. The number of hydrogen-bond donors (Lipinski definition) is 1. The third-order valence-electron chi connectivity index (χ3n) is 12.1. The molecule has 1 N–H and O–H groups in total. The third-order valence-corrected chi connectivity index (χ3v) is 12.1. The minimum absolute atomic E-state index is 0.00795. The number of aromatic hydroxyl groups is 1. The highest BCUT2D eigenvalue weighted by atomic mass is 16.3. The zero-order chi connectivity index (χ0) is 40.1. The van der Waals surface area contributed by atoms with Crippen LogP contribution in [0.25, 0.3) is 33.6 Å². The fourth-order valence-corrected chi connectivity index (χ4v) is 9.01. The van der Waals surface area contributed by atoms with Crippen molar-refractivity contribution in [3.63, 3.8) is 0 Å². The van der Waals surface area contributed by atoms with Gasteiger partial charge in [-0.2, -0.15) is 0 Å². The molecule has 0 aliphatic heterocycles. The van der Waals surface area contributed by atoms with E-state index in [1.54, 1.807) is 6.07 Å². The maximum Gasteiger partial charge on any atom is 0.138 e. The fourth-order valence-electron chi connectivity index (χ4n) is 9.01. The van der Waals surface area contributed by atoms with Crippen LogP contribution >= 0.6 is 0 Å². The van der Waals surface area contributed by atoms with Crippen LogP contribution < -0.4 is 4.90 Å². The summed E-state index contributed by atoms with van der Waals surface area (Å²) in [6.07, 6.45) is 1.92. The Balaban J connectivity index is 1.32. The zero-order valence-corrected chi connectivity index (χ0v) is 34.6. The third kappa shape index (κ3) is 5.79. The van der Waals surface area contributed by atoms with Crippen molar-refractivity contribution < 1.29 is 5.11 Å². The lowest BCUT2D eigenvalue weighted by atomic mass is 9.71. The highest BCUT2D eigenvalue weighted by molar-refractivity contribution is 5.96. The van der Waals surface area contributed by atoms with Gasteiger partial charge in [-0.3, -0.25) is 9.88 Å². The maximum atomic E-state index is 11.8. The van der Waals surface area contributed by atoms with Crippen LogP contribution in [0, 0.1) is 0 Å². The van der Waals surface area contributed by atoms with E-state index < -0.39 is 5.41 Å². The molecule has 2 aliphatic rings. The van der Waals surface area contributed by atoms with Gasteiger partial charge in [-0.25, -0.2) is 4.98 Å². The number of rotatable bonds is 4. The molecule has 284 valence electrons. The number of benzene rings is 5. The molecule has 0 fully saturated rings. The second-order valence-corrected chi connectivity index (χ2v) is 18.9. The van der Waals surface area contributed by atoms with E-state index in [0.717, 1.165) is 50.8 Å². The van der Waals surface area contributed by atoms with Gasteiger partial charge in [-0.1, -0.05) is 147 Å². The molecule has 4 heteroatoms. The molecule has 1 spiro atoms. The van der Waals surface area contributed by atoms with Gasteiger partial charge in [0, 0.05) is 28.7 Å². The summed E-state index contributed by atoms with van der Waals surface area (Å²) >= 11 is 0. The highest BCUT2D eigenvalue weighted by Gasteiger charge is 2.53. The first-order valence-corrected chi connectivity index (χ1v) is 20.1. The van der Waals surface area contributed by atoms with E-state index in [1.807, 2.05) is 12.3 Å². The lowest BCUT2D eigenvalue weighted by molar-refractivity contribution is 0.476. The van der Waals surface area contributed by atoms with E-state index in [4.69, 9.17) is 9.97 Å². The van der Waals surface area contributed by atoms with E-state index in [-0.39, 0.29) is 22.0 Å². The van der Waals surface area contributed by atoms with Gasteiger partial charge in [0.1, 0.15) is 11.6 Å². The molecule has 0 saturated heterocycles. The number of anilines is 3. The summed E-state index contributed by atoms with van der Waals surface area (Å²) in [5, 5.41) is 11.8. The van der Waals surface area contributed by atoms with Gasteiger partial charge in [0.05, 0.1) is 16.8 Å². The largest absolute Gasteiger partial charge is 0.507 e. The molecule has 0 atom stereocenters. The standard InChI is InChI=1S/C53H51N3O/c1-50(2,3)34-26-27-54-45(32-34)33-16-14-17-37(28-33)56(38-30-35(51(4,5)6)29-36(31-38)52(7,8)9)47-25-24-44-49(55-47)48-43(22-15-23-46(48)57)53(44)41-20-12-10-18-39(41)40-19-11-13-21-42(40)53/h10-32,57H,1-9H3. The monoisotopic (exact) mass is 745 g/mol. The van der Waals surface area contributed by atoms with Crippen LogP contribution in [0.5, 0.6) is 5.75 Å². The Morgan fingerprint density at radius 2 is 1.11 bits per heavy atom. The molecule has 5 aromatic carbocycles. The summed E-state index contributed by atoms with van der Waals surface area (Å²) in [5.41, 5.74) is 15.5. The van der Waals surface area contributed by atoms with E-state index in [9.17, 15) is 5.11 Å². The highest BCUT2D eigenvalue weighted by Crippen LogP contribution is 2.64. The van der Waals surface area contributed by atoms with Crippen LogP contribution in [-0.2, 0) is 21.7 Å². The molecule has 4 nitrogen and oxygen atoms in total. The van der Waals surface area contributed by atoms with Crippen LogP contribution in [0.15, 0.2) is 140 Å². The smallest absolute Gasteiger partial charge is 0.138 e. The zero-order valence-electron chi connectivity index (χ0n) is 34.6. The van der Waals surface area contributed by atoms with E-state index in [2.05, 4.69) is 189 Å². The van der Waals surface area contributed by atoms with Crippen LogP contribution in [0.1, 0.15) is 101 Å². The van der Waals surface area contributed by atoms with E-state index in [0.29, 0.717) is 0 Å². The Labute approximate surface area is 337 Å². The molecule has 2 heterocycles. The summed E-state index contributed by atoms with van der Waals surface area (Å²) in [6.45, 7) is 20.4. The Hall–Kier alpha value is -6.00. The molecule has 0 saturated carbocycles. The Kier molecular flexibility index (Phi) is 8.20. The molecule has 0 bridgehead atoms. The predicted molar refractivity (Wildman–Crippen MR) is 236 cm³/mol. The number of phenols is 1. The summed E-state index contributed by atoms with van der Waals surface area (Å²) in [5.74, 6) is 1.01. The lowest BCUT2D eigenvalue weighted by Crippen LogP contribution is -2.26. The first kappa shape index (κ1) is 36.6. The molecule has 0 unspecified atom stereocenters. The minimum atomic E-state index is -0.609. The van der Waals surface area contributed by atoms with Crippen molar-refractivity contribution in [3.8, 4) is 39.4 Å². The Morgan fingerprint density at radius 3 is 1.74 bits per heavy atom. The number of phenolic OH excluding ortho intramolecular Hbond substituents is 1.